The molecule has 30 valence electrons. The number of nitrogens with zero attached hydrogens (tertiary/aromatic N) is 1. The highest BCUT2D eigenvalue weighted by molar-refractivity contribution is 14.1. The summed E-state index contributed by atoms with van der Waals surface area (Å²) in [6.07, 6.45) is 0.641. The number of aliphatic imine (C=N–C) groups is 1. The van der Waals surface area contributed by atoms with Gasteiger partial charge in [0.2, 0.25) is 0 Å². The second-order valence-electron chi connectivity index (χ2n) is 0.425. The average molecular weight is 202 g/mol. The van der Waals surface area contributed by atoms with Crippen molar-refractivity contribution in [2.45, 2.75) is 0 Å². The molecule has 1 atom stereocenters. The van der Waals surface area contributed by atoms with Crippen LogP contribution in [-0.2, 0) is 0 Å². The van der Waals surface area contributed by atoms with Crippen LogP contribution in [0.4, 0.5) is 0 Å². The van der Waals surface area contributed by atoms with Gasteiger partial charge in [0.15, 0.2) is 0 Å². The summed E-state index contributed by atoms with van der Waals surface area (Å²) in [6, 6.07) is 0. The molecule has 0 aromatic heterocycles. The van der Waals surface area contributed by atoms with Gasteiger partial charge in [0.1, 0.15) is 0 Å². The second kappa shape index (κ2) is 4.83. The first-order valence-electron chi connectivity index (χ1n) is 1.64. The molecule has 0 fully saturated rings. The van der Waals surface area contributed by atoms with E-state index in [9.17, 15) is 0 Å². The maximum atomic E-state index is 6.70. The zero-order valence-electron chi connectivity index (χ0n) is 3.61. The Morgan fingerprint density at radius 1 is 2.40 bits per heavy atom. The molecule has 0 radical (unpaired) electrons. The second-order valence-corrected chi connectivity index (χ2v) is 1.27. The summed E-state index contributed by atoms with van der Waals surface area (Å²) in [6.45, 7) is 0. The van der Waals surface area contributed by atoms with E-state index in [1.165, 1.54) is 0 Å². The van der Waals surface area contributed by atoms with Gasteiger partial charge in [-0.05, 0) is 22.6 Å². The summed E-state index contributed by atoms with van der Waals surface area (Å²) in [7, 11) is 2.41. The Balaban J connectivity index is 3.14. The normalized spacial score (nSPS) is 14.8. The number of hydrogen-bond donors (Lipinski definition) is 0. The molecule has 0 bridgehead atoms. The van der Waals surface area contributed by atoms with Crippen LogP contribution in [0.1, 0.15) is 1.37 Å². The lowest BCUT2D eigenvalue weighted by atomic mass is 11.4. The van der Waals surface area contributed by atoms with Crippen LogP contribution >= 0.6 is 31.8 Å². The largest absolute Gasteiger partial charge is 0.283 e. The van der Waals surface area contributed by atoms with Gasteiger partial charge in [-0.25, -0.2) is 0 Å². The van der Waals surface area contributed by atoms with Gasteiger partial charge in [-0.1, -0.05) is 0 Å². The van der Waals surface area contributed by atoms with Gasteiger partial charge in [0.25, 0.3) is 0 Å². The Labute approximate surface area is 49.0 Å². The van der Waals surface area contributed by atoms with Gasteiger partial charge in [-0.3, -0.25) is 4.99 Å². The lowest BCUT2D eigenvalue weighted by Crippen LogP contribution is -1.52. The molecule has 0 aliphatic carbocycles. The minimum atomic E-state index is 0.364. The van der Waals surface area contributed by atoms with Crippen LogP contribution in [0.3, 0.4) is 0 Å². The maximum absolute atomic E-state index is 6.70. The maximum Gasteiger partial charge on any atom is 0.0907 e. The van der Waals surface area contributed by atoms with Crippen LogP contribution in [0.2, 0.25) is 0 Å². The Bertz CT molecular complexity index is 60.6. The molecule has 0 spiro atoms. The fourth-order valence-electron chi connectivity index (χ4n) is 0.0345. The van der Waals surface area contributed by atoms with Gasteiger partial charge in [0.05, 0.1) is 11.9 Å². The minimum absolute atomic E-state index is 0.364. The van der Waals surface area contributed by atoms with Gasteiger partial charge in [-0.15, -0.1) is 9.24 Å². The van der Waals surface area contributed by atoms with Crippen molar-refractivity contribution in [1.82, 2.24) is 0 Å². The summed E-state index contributed by atoms with van der Waals surface area (Å²) in [4.78, 5) is 3.66. The van der Waals surface area contributed by atoms with E-state index >= 15 is 0 Å². The summed E-state index contributed by atoms with van der Waals surface area (Å²) in [5, 5.41) is 0. The van der Waals surface area contributed by atoms with Gasteiger partial charge < -0.3 is 0 Å². The van der Waals surface area contributed by atoms with Crippen molar-refractivity contribution >= 4 is 36.0 Å². The van der Waals surface area contributed by atoms with Crippen molar-refractivity contribution in [3.63, 3.8) is 0 Å². The van der Waals surface area contributed by atoms with E-state index in [4.69, 9.17) is 1.37 Å². The lowest BCUT2D eigenvalue weighted by Gasteiger charge is -1.66. The molecule has 0 aromatic rings. The van der Waals surface area contributed by atoms with Crippen LogP contribution in [-0.4, -0.2) is 10.5 Å². The highest BCUT2D eigenvalue weighted by Gasteiger charge is 1.52. The molecule has 1 unspecified atom stereocenters. The Kier molecular flexibility index (Phi) is 3.87. The van der Waals surface area contributed by atoms with E-state index in [1.54, 1.807) is 0 Å². The zero-order valence-corrected chi connectivity index (χ0v) is 5.92. The molecular formula is C2H5INP. The van der Waals surface area contributed by atoms with E-state index < -0.39 is 0 Å². The number of rotatable bonds is 1. The predicted octanol–water partition coefficient (Wildman–Crippen LogP) is 1.28. The zero-order chi connectivity index (χ0) is 4.99. The molecule has 0 aliphatic heterocycles. The van der Waals surface area contributed by atoms with Crippen molar-refractivity contribution in [3.05, 3.63) is 0 Å². The molecule has 0 saturated heterocycles. The molecule has 1 nitrogen and oxygen atoms in total. The topological polar surface area (TPSA) is 12.4 Å². The van der Waals surface area contributed by atoms with Gasteiger partial charge >= 0.3 is 0 Å². The quantitative estimate of drug-likeness (QED) is 0.345. The smallest absolute Gasteiger partial charge is 0.0907 e. The standard InChI is InChI=1S/C2H5INP/c3-1-4-2-5/h1H,2,5H2/i1D. The summed E-state index contributed by atoms with van der Waals surface area (Å²) >= 11 is 1.85. The predicted molar refractivity (Wildman–Crippen MR) is 37.1 cm³/mol. The molecule has 0 saturated carbocycles. The van der Waals surface area contributed by atoms with Crippen molar-refractivity contribution in [3.8, 4) is 0 Å². The SMILES string of the molecule is [2H]C(I)=NCP. The molecule has 3 heteroatoms. The third-order valence-electron chi connectivity index (χ3n) is 0.151. The van der Waals surface area contributed by atoms with Crippen molar-refractivity contribution in [2.75, 3.05) is 6.29 Å². The minimum Gasteiger partial charge on any atom is -0.283 e. The lowest BCUT2D eigenvalue weighted by molar-refractivity contribution is 1.42. The monoisotopic (exact) mass is 202 g/mol. The van der Waals surface area contributed by atoms with Gasteiger partial charge in [-0.2, -0.15) is 0 Å². The van der Waals surface area contributed by atoms with Crippen molar-refractivity contribution in [2.24, 2.45) is 4.99 Å². The van der Waals surface area contributed by atoms with E-state index in [2.05, 4.69) is 14.2 Å². The van der Waals surface area contributed by atoms with E-state index in [0.29, 0.717) is 10.5 Å². The fraction of sp³-hybridized carbons (Fsp3) is 0.500. The molecule has 5 heavy (non-hydrogen) atoms. The van der Waals surface area contributed by atoms with E-state index in [1.807, 2.05) is 22.6 Å². The molecule has 0 N–H and O–H groups in total. The fourth-order valence-corrected chi connectivity index (χ4v) is 0.694. The molecule has 0 heterocycles. The summed E-state index contributed by atoms with van der Waals surface area (Å²) < 4.78 is 7.06. The van der Waals surface area contributed by atoms with Crippen LogP contribution in [0.15, 0.2) is 4.99 Å². The number of hydrogen-bond acceptors (Lipinski definition) is 1. The Morgan fingerprint density at radius 3 is 3.00 bits per heavy atom. The first-order chi connectivity index (χ1) is 2.77. The van der Waals surface area contributed by atoms with Crippen molar-refractivity contribution in [1.29, 1.82) is 0 Å². The number of halogens is 1. The average Bonchev–Trinajstić information content (AvgIpc) is 1.35. The van der Waals surface area contributed by atoms with Crippen LogP contribution in [0.25, 0.3) is 0 Å². The third kappa shape index (κ3) is 4.83. The third-order valence-corrected chi connectivity index (χ3v) is 0.675. The van der Waals surface area contributed by atoms with E-state index in [-0.39, 0.29) is 0 Å². The van der Waals surface area contributed by atoms with Crippen LogP contribution in [0, 0.1) is 0 Å². The highest BCUT2D eigenvalue weighted by Crippen LogP contribution is 1.79. The van der Waals surface area contributed by atoms with Crippen LogP contribution in [0.5, 0.6) is 0 Å². The summed E-state index contributed by atoms with van der Waals surface area (Å²) in [5.41, 5.74) is 0. The molecule has 0 rings (SSSR count). The highest BCUT2D eigenvalue weighted by atomic mass is 127. The van der Waals surface area contributed by atoms with Gasteiger partial charge in [0, 0.05) is 0 Å². The van der Waals surface area contributed by atoms with E-state index in [0.717, 1.165) is 0 Å². The molecular weight excluding hydrogens is 196 g/mol. The first kappa shape index (κ1) is 4.00. The molecule has 0 amide bonds. The Hall–Kier alpha value is 0.830. The summed E-state index contributed by atoms with van der Waals surface area (Å²) in [5.74, 6) is 0. The first-order valence-corrected chi connectivity index (χ1v) is 3.03. The van der Waals surface area contributed by atoms with Crippen molar-refractivity contribution < 1.29 is 1.37 Å². The molecule has 0 aromatic carbocycles. The van der Waals surface area contributed by atoms with Crippen LogP contribution < -0.4 is 0 Å². The Morgan fingerprint density at radius 2 is 3.00 bits per heavy atom. The molecule has 0 aliphatic rings.